The molecular formula is C14H17N3O4. The van der Waals surface area contributed by atoms with Gasteiger partial charge in [-0.25, -0.2) is 0 Å². The first kappa shape index (κ1) is 14.8. The summed E-state index contributed by atoms with van der Waals surface area (Å²) in [5.41, 5.74) is 6.19. The molecule has 0 aliphatic carbocycles. The molecule has 1 fully saturated rings. The van der Waals surface area contributed by atoms with E-state index in [-0.39, 0.29) is 25.5 Å². The van der Waals surface area contributed by atoms with Gasteiger partial charge in [0.2, 0.25) is 17.7 Å². The largest absolute Gasteiger partial charge is 0.493 e. The topological polar surface area (TPSA) is 102 Å². The first-order valence-electron chi connectivity index (χ1n) is 6.59. The maximum Gasteiger partial charge on any atom is 0.249 e. The van der Waals surface area contributed by atoms with E-state index >= 15 is 0 Å². The van der Waals surface area contributed by atoms with Gasteiger partial charge in [0, 0.05) is 11.8 Å². The number of anilines is 1. The SMILES string of the molecule is CC1C(=O)NC(=O)CN1C(=O)CCOc1cccc(N)c1. The second kappa shape index (κ2) is 6.25. The minimum atomic E-state index is -0.650. The molecule has 1 aliphatic rings. The Morgan fingerprint density at radius 3 is 2.95 bits per heavy atom. The van der Waals surface area contributed by atoms with E-state index < -0.39 is 17.9 Å². The van der Waals surface area contributed by atoms with Crippen molar-refractivity contribution >= 4 is 23.4 Å². The maximum atomic E-state index is 12.0. The fraction of sp³-hybridized carbons (Fsp3) is 0.357. The summed E-state index contributed by atoms with van der Waals surface area (Å²) in [5, 5.41) is 2.19. The number of piperazine rings is 1. The highest BCUT2D eigenvalue weighted by atomic mass is 16.5. The number of imide groups is 1. The van der Waals surface area contributed by atoms with Crippen LogP contribution in [-0.2, 0) is 14.4 Å². The summed E-state index contributed by atoms with van der Waals surface area (Å²) in [7, 11) is 0. The van der Waals surface area contributed by atoms with E-state index in [0.29, 0.717) is 11.4 Å². The molecule has 0 radical (unpaired) electrons. The van der Waals surface area contributed by atoms with Crippen LogP contribution in [0.5, 0.6) is 5.75 Å². The molecule has 0 aromatic heterocycles. The Morgan fingerprint density at radius 1 is 1.48 bits per heavy atom. The lowest BCUT2D eigenvalue weighted by Gasteiger charge is -2.31. The molecule has 0 spiro atoms. The fourth-order valence-corrected chi connectivity index (χ4v) is 2.02. The molecule has 21 heavy (non-hydrogen) atoms. The number of carbonyl (C=O) groups excluding carboxylic acids is 3. The molecule has 3 amide bonds. The second-order valence-corrected chi connectivity index (χ2v) is 4.78. The van der Waals surface area contributed by atoms with E-state index in [1.54, 1.807) is 31.2 Å². The van der Waals surface area contributed by atoms with Crippen LogP contribution in [0.25, 0.3) is 0 Å². The van der Waals surface area contributed by atoms with Gasteiger partial charge in [0.25, 0.3) is 0 Å². The maximum absolute atomic E-state index is 12.0. The highest BCUT2D eigenvalue weighted by molar-refractivity contribution is 6.04. The highest BCUT2D eigenvalue weighted by Gasteiger charge is 2.33. The van der Waals surface area contributed by atoms with Gasteiger partial charge in [0.15, 0.2) is 0 Å². The van der Waals surface area contributed by atoms with Crippen LogP contribution in [-0.4, -0.2) is 41.8 Å². The van der Waals surface area contributed by atoms with Crippen molar-refractivity contribution in [1.82, 2.24) is 10.2 Å². The Kier molecular flexibility index (Phi) is 4.42. The zero-order chi connectivity index (χ0) is 15.4. The molecule has 0 saturated carbocycles. The van der Waals surface area contributed by atoms with Crippen molar-refractivity contribution in [2.75, 3.05) is 18.9 Å². The van der Waals surface area contributed by atoms with Gasteiger partial charge < -0.3 is 15.4 Å². The quantitative estimate of drug-likeness (QED) is 0.596. The number of nitrogens with two attached hydrogens (primary N) is 1. The van der Waals surface area contributed by atoms with E-state index in [1.807, 2.05) is 0 Å². The number of rotatable bonds is 4. The average molecular weight is 291 g/mol. The van der Waals surface area contributed by atoms with Gasteiger partial charge in [0.1, 0.15) is 18.3 Å². The Bertz CT molecular complexity index is 573. The number of hydrogen-bond acceptors (Lipinski definition) is 5. The van der Waals surface area contributed by atoms with Crippen LogP contribution in [0.1, 0.15) is 13.3 Å². The summed E-state index contributed by atoms with van der Waals surface area (Å²) in [6.45, 7) is 1.63. The Morgan fingerprint density at radius 2 is 2.24 bits per heavy atom. The van der Waals surface area contributed by atoms with E-state index in [0.717, 1.165) is 0 Å². The molecule has 1 atom stereocenters. The zero-order valence-electron chi connectivity index (χ0n) is 11.7. The van der Waals surface area contributed by atoms with Crippen LogP contribution in [0.2, 0.25) is 0 Å². The van der Waals surface area contributed by atoms with Crippen molar-refractivity contribution in [3.8, 4) is 5.75 Å². The molecule has 1 aromatic carbocycles. The number of nitrogen functional groups attached to an aromatic ring is 1. The van der Waals surface area contributed by atoms with Crippen LogP contribution < -0.4 is 15.8 Å². The lowest BCUT2D eigenvalue weighted by Crippen LogP contribution is -2.58. The minimum absolute atomic E-state index is 0.0830. The third-order valence-electron chi connectivity index (χ3n) is 3.19. The third kappa shape index (κ3) is 3.71. The van der Waals surface area contributed by atoms with Gasteiger partial charge >= 0.3 is 0 Å². The average Bonchev–Trinajstić information content (AvgIpc) is 2.42. The monoisotopic (exact) mass is 291 g/mol. The number of ether oxygens (including phenoxy) is 1. The first-order valence-corrected chi connectivity index (χ1v) is 6.59. The number of hydrogen-bond donors (Lipinski definition) is 2. The molecule has 112 valence electrons. The molecule has 2 rings (SSSR count). The van der Waals surface area contributed by atoms with E-state index in [1.165, 1.54) is 4.90 Å². The summed E-state index contributed by atoms with van der Waals surface area (Å²) in [4.78, 5) is 36.1. The number of nitrogens with one attached hydrogen (secondary N) is 1. The summed E-state index contributed by atoms with van der Waals surface area (Å²) >= 11 is 0. The summed E-state index contributed by atoms with van der Waals surface area (Å²) in [6.07, 6.45) is 0.0830. The van der Waals surface area contributed by atoms with E-state index in [9.17, 15) is 14.4 Å². The Labute approximate surface area is 122 Å². The molecule has 1 heterocycles. The first-order chi connectivity index (χ1) is 9.97. The van der Waals surface area contributed by atoms with E-state index in [4.69, 9.17) is 10.5 Å². The predicted octanol–water partition coefficient (Wildman–Crippen LogP) is -0.0888. The smallest absolute Gasteiger partial charge is 0.249 e. The summed E-state index contributed by atoms with van der Waals surface area (Å²) in [5.74, 6) is -0.655. The van der Waals surface area contributed by atoms with Crippen LogP contribution in [0.4, 0.5) is 5.69 Å². The van der Waals surface area contributed by atoms with Gasteiger partial charge in [-0.3, -0.25) is 19.7 Å². The van der Waals surface area contributed by atoms with Crippen molar-refractivity contribution in [3.05, 3.63) is 24.3 Å². The van der Waals surface area contributed by atoms with Crippen molar-refractivity contribution in [1.29, 1.82) is 0 Å². The van der Waals surface area contributed by atoms with Gasteiger partial charge in [-0.2, -0.15) is 0 Å². The van der Waals surface area contributed by atoms with Crippen LogP contribution in [0.15, 0.2) is 24.3 Å². The van der Waals surface area contributed by atoms with Crippen molar-refractivity contribution in [3.63, 3.8) is 0 Å². The zero-order valence-corrected chi connectivity index (χ0v) is 11.7. The number of amides is 3. The van der Waals surface area contributed by atoms with Gasteiger partial charge in [-0.15, -0.1) is 0 Å². The van der Waals surface area contributed by atoms with Gasteiger partial charge in [-0.05, 0) is 19.1 Å². The minimum Gasteiger partial charge on any atom is -0.493 e. The van der Waals surface area contributed by atoms with Gasteiger partial charge in [-0.1, -0.05) is 6.07 Å². The Balaban J connectivity index is 1.86. The molecule has 7 nitrogen and oxygen atoms in total. The number of carbonyl (C=O) groups is 3. The number of nitrogens with zero attached hydrogens (tertiary/aromatic N) is 1. The number of benzene rings is 1. The van der Waals surface area contributed by atoms with Crippen LogP contribution in [0, 0.1) is 0 Å². The predicted molar refractivity (Wildman–Crippen MR) is 75.3 cm³/mol. The van der Waals surface area contributed by atoms with Gasteiger partial charge in [0.05, 0.1) is 13.0 Å². The van der Waals surface area contributed by atoms with Crippen molar-refractivity contribution in [2.45, 2.75) is 19.4 Å². The molecule has 7 heteroatoms. The van der Waals surface area contributed by atoms with Crippen molar-refractivity contribution < 1.29 is 19.1 Å². The molecule has 1 unspecified atom stereocenters. The fourth-order valence-electron chi connectivity index (χ4n) is 2.02. The summed E-state index contributed by atoms with van der Waals surface area (Å²) < 4.78 is 5.42. The lowest BCUT2D eigenvalue weighted by atomic mass is 10.2. The standard InChI is InChI=1S/C14H17N3O4/c1-9-14(20)16-12(18)8-17(9)13(19)5-6-21-11-4-2-3-10(15)7-11/h2-4,7,9H,5-6,8,15H2,1H3,(H,16,18,20). The summed E-state index contributed by atoms with van der Waals surface area (Å²) in [6, 6.07) is 6.23. The molecule has 1 saturated heterocycles. The molecule has 1 aromatic rings. The highest BCUT2D eigenvalue weighted by Crippen LogP contribution is 2.15. The van der Waals surface area contributed by atoms with E-state index in [2.05, 4.69) is 5.32 Å². The van der Waals surface area contributed by atoms with Crippen molar-refractivity contribution in [2.24, 2.45) is 0 Å². The van der Waals surface area contributed by atoms with Crippen LogP contribution in [0.3, 0.4) is 0 Å². The second-order valence-electron chi connectivity index (χ2n) is 4.78. The third-order valence-corrected chi connectivity index (χ3v) is 3.19. The van der Waals surface area contributed by atoms with Crippen LogP contribution >= 0.6 is 0 Å². The lowest BCUT2D eigenvalue weighted by molar-refractivity contribution is -0.149. The molecule has 0 bridgehead atoms. The Hall–Kier alpha value is -2.57. The molecule has 3 N–H and O–H groups in total. The normalized spacial score (nSPS) is 18.3. The molecule has 1 aliphatic heterocycles. The molecular weight excluding hydrogens is 274 g/mol.